The lowest BCUT2D eigenvalue weighted by Crippen LogP contribution is -2.52. The van der Waals surface area contributed by atoms with Gasteiger partial charge in [-0.15, -0.1) is 0 Å². The van der Waals surface area contributed by atoms with E-state index in [1.807, 2.05) is 24.3 Å². The first-order chi connectivity index (χ1) is 7.24. The maximum Gasteiger partial charge on any atom is 0.0574 e. The molecule has 0 aromatic heterocycles. The molecule has 0 atom stereocenters. The van der Waals surface area contributed by atoms with E-state index >= 15 is 0 Å². The van der Waals surface area contributed by atoms with E-state index in [1.165, 1.54) is 0 Å². The van der Waals surface area contributed by atoms with Crippen LogP contribution in [0.5, 0.6) is 0 Å². The molecule has 4 heteroatoms. The molecule has 82 valence electrons. The Morgan fingerprint density at radius 2 is 2.00 bits per heavy atom. The van der Waals surface area contributed by atoms with E-state index in [0.717, 1.165) is 29.9 Å². The van der Waals surface area contributed by atoms with Gasteiger partial charge in [-0.1, -0.05) is 15.9 Å². The summed E-state index contributed by atoms with van der Waals surface area (Å²) in [7, 11) is 0. The Labute approximate surface area is 98.1 Å². The minimum Gasteiger partial charge on any atom is -0.384 e. The highest BCUT2D eigenvalue weighted by molar-refractivity contribution is 9.10. The van der Waals surface area contributed by atoms with Gasteiger partial charge in [0.2, 0.25) is 0 Å². The predicted molar refractivity (Wildman–Crippen MR) is 64.9 cm³/mol. The van der Waals surface area contributed by atoms with Gasteiger partial charge in [0.05, 0.1) is 13.2 Å². The van der Waals surface area contributed by atoms with E-state index < -0.39 is 0 Å². The molecule has 0 unspecified atom stereocenters. The van der Waals surface area contributed by atoms with Gasteiger partial charge in [-0.25, -0.2) is 0 Å². The van der Waals surface area contributed by atoms with Crippen LogP contribution in [-0.2, 0) is 4.74 Å². The molecule has 3 nitrogen and oxygen atoms in total. The number of nitrogens with one attached hydrogen (secondary N) is 1. The summed E-state index contributed by atoms with van der Waals surface area (Å²) in [5.41, 5.74) is 7.00. The molecule has 1 aliphatic rings. The molecule has 15 heavy (non-hydrogen) atoms. The van der Waals surface area contributed by atoms with Crippen molar-refractivity contribution in [3.05, 3.63) is 28.7 Å². The van der Waals surface area contributed by atoms with Gasteiger partial charge in [0.1, 0.15) is 0 Å². The van der Waals surface area contributed by atoms with Crippen LogP contribution in [0.4, 0.5) is 5.69 Å². The Morgan fingerprint density at radius 1 is 1.33 bits per heavy atom. The fourth-order valence-electron chi connectivity index (χ4n) is 1.54. The summed E-state index contributed by atoms with van der Waals surface area (Å²) in [5, 5.41) is 3.38. The lowest BCUT2D eigenvalue weighted by Gasteiger charge is -2.40. The first kappa shape index (κ1) is 10.9. The zero-order chi connectivity index (χ0) is 10.7. The van der Waals surface area contributed by atoms with Crippen molar-refractivity contribution in [1.82, 2.24) is 0 Å². The van der Waals surface area contributed by atoms with E-state index in [-0.39, 0.29) is 5.41 Å². The quantitative estimate of drug-likeness (QED) is 0.878. The molecule has 0 saturated carbocycles. The van der Waals surface area contributed by atoms with Gasteiger partial charge >= 0.3 is 0 Å². The molecule has 0 spiro atoms. The summed E-state index contributed by atoms with van der Waals surface area (Å²) in [6, 6.07) is 8.14. The maximum absolute atomic E-state index is 5.73. The summed E-state index contributed by atoms with van der Waals surface area (Å²) in [5.74, 6) is 0. The molecule has 0 amide bonds. The van der Waals surface area contributed by atoms with E-state index in [1.54, 1.807) is 0 Å². The van der Waals surface area contributed by atoms with E-state index in [2.05, 4.69) is 21.2 Å². The number of nitrogens with two attached hydrogens (primary N) is 1. The molecular weight excluding hydrogens is 256 g/mol. The Morgan fingerprint density at radius 3 is 2.47 bits per heavy atom. The Kier molecular flexibility index (Phi) is 3.29. The van der Waals surface area contributed by atoms with Crippen LogP contribution in [0.1, 0.15) is 0 Å². The zero-order valence-corrected chi connectivity index (χ0v) is 10.1. The molecule has 0 bridgehead atoms. The molecular formula is C11H15BrN2O. The average Bonchev–Trinajstić information content (AvgIpc) is 2.20. The average molecular weight is 271 g/mol. The molecule has 1 aromatic carbocycles. The minimum atomic E-state index is 0.146. The topological polar surface area (TPSA) is 47.3 Å². The molecule has 0 radical (unpaired) electrons. The highest BCUT2D eigenvalue weighted by Gasteiger charge is 2.36. The first-order valence-electron chi connectivity index (χ1n) is 5.01. The number of rotatable bonds is 4. The smallest absolute Gasteiger partial charge is 0.0574 e. The minimum absolute atomic E-state index is 0.146. The largest absolute Gasteiger partial charge is 0.384 e. The van der Waals surface area contributed by atoms with Gasteiger partial charge in [-0.05, 0) is 24.3 Å². The summed E-state index contributed by atoms with van der Waals surface area (Å²) >= 11 is 3.41. The van der Waals surface area contributed by atoms with E-state index in [4.69, 9.17) is 10.5 Å². The van der Waals surface area contributed by atoms with Gasteiger partial charge in [-0.3, -0.25) is 0 Å². The number of ether oxygens (including phenoxy) is 1. The van der Waals surface area contributed by atoms with Crippen LogP contribution in [0.2, 0.25) is 0 Å². The Balaban J connectivity index is 1.90. The lowest BCUT2D eigenvalue weighted by molar-refractivity contribution is -0.0979. The summed E-state index contributed by atoms with van der Waals surface area (Å²) in [6.07, 6.45) is 0. The SMILES string of the molecule is NCC1(CNc2ccc(Br)cc2)COC1. The molecule has 1 heterocycles. The second-order valence-electron chi connectivity index (χ2n) is 4.06. The van der Waals surface area contributed by atoms with Crippen LogP contribution < -0.4 is 11.1 Å². The number of benzene rings is 1. The van der Waals surface area contributed by atoms with Crippen molar-refractivity contribution >= 4 is 21.6 Å². The maximum atomic E-state index is 5.73. The molecule has 3 N–H and O–H groups in total. The fourth-order valence-corrected chi connectivity index (χ4v) is 1.80. The van der Waals surface area contributed by atoms with Crippen LogP contribution in [0.25, 0.3) is 0 Å². The number of hydrogen-bond donors (Lipinski definition) is 2. The van der Waals surface area contributed by atoms with Crippen LogP contribution in [-0.4, -0.2) is 26.3 Å². The lowest BCUT2D eigenvalue weighted by atomic mass is 9.86. The van der Waals surface area contributed by atoms with Crippen LogP contribution in [0.3, 0.4) is 0 Å². The fraction of sp³-hybridized carbons (Fsp3) is 0.455. The first-order valence-corrected chi connectivity index (χ1v) is 5.81. The van der Waals surface area contributed by atoms with Crippen LogP contribution in [0.15, 0.2) is 28.7 Å². The molecule has 1 fully saturated rings. The van der Waals surface area contributed by atoms with Gasteiger partial charge in [0, 0.05) is 28.7 Å². The summed E-state index contributed by atoms with van der Waals surface area (Å²) in [6.45, 7) is 3.10. The highest BCUT2D eigenvalue weighted by Crippen LogP contribution is 2.26. The molecule has 2 rings (SSSR count). The van der Waals surface area contributed by atoms with Crippen molar-refractivity contribution in [2.45, 2.75) is 0 Å². The number of hydrogen-bond acceptors (Lipinski definition) is 3. The number of anilines is 1. The molecule has 0 aliphatic carbocycles. The van der Waals surface area contributed by atoms with Crippen molar-refractivity contribution in [1.29, 1.82) is 0 Å². The highest BCUT2D eigenvalue weighted by atomic mass is 79.9. The van der Waals surface area contributed by atoms with Crippen LogP contribution in [0, 0.1) is 5.41 Å². The third-order valence-corrected chi connectivity index (χ3v) is 3.29. The van der Waals surface area contributed by atoms with Gasteiger partial charge in [0.25, 0.3) is 0 Å². The van der Waals surface area contributed by atoms with Gasteiger partial charge in [0.15, 0.2) is 0 Å². The summed E-state index contributed by atoms with van der Waals surface area (Å²) < 4.78 is 6.30. The molecule has 1 saturated heterocycles. The Hall–Kier alpha value is -0.580. The number of halogens is 1. The van der Waals surface area contributed by atoms with Crippen molar-refractivity contribution in [2.75, 3.05) is 31.6 Å². The molecule has 1 aliphatic heterocycles. The monoisotopic (exact) mass is 270 g/mol. The van der Waals surface area contributed by atoms with Crippen molar-refractivity contribution in [3.63, 3.8) is 0 Å². The third-order valence-electron chi connectivity index (χ3n) is 2.76. The van der Waals surface area contributed by atoms with Gasteiger partial charge < -0.3 is 15.8 Å². The second-order valence-corrected chi connectivity index (χ2v) is 4.97. The normalized spacial score (nSPS) is 18.3. The third kappa shape index (κ3) is 2.51. The van der Waals surface area contributed by atoms with Gasteiger partial charge in [-0.2, -0.15) is 0 Å². The Bertz CT molecular complexity index is 316. The molecule has 1 aromatic rings. The zero-order valence-electron chi connectivity index (χ0n) is 8.50. The van der Waals surface area contributed by atoms with Crippen LogP contribution >= 0.6 is 15.9 Å². The predicted octanol–water partition coefficient (Wildman–Crippen LogP) is 1.84. The second kappa shape index (κ2) is 4.51. The summed E-state index contributed by atoms with van der Waals surface area (Å²) in [4.78, 5) is 0. The van der Waals surface area contributed by atoms with Crippen molar-refractivity contribution in [2.24, 2.45) is 11.1 Å². The van der Waals surface area contributed by atoms with E-state index in [0.29, 0.717) is 6.54 Å². The van der Waals surface area contributed by atoms with Crippen molar-refractivity contribution < 1.29 is 4.74 Å². The van der Waals surface area contributed by atoms with Crippen molar-refractivity contribution in [3.8, 4) is 0 Å². The standard InChI is InChI=1S/C11H15BrN2O/c12-9-1-3-10(4-2-9)14-6-11(5-13)7-15-8-11/h1-4,14H,5-8,13H2. The van der Waals surface area contributed by atoms with E-state index in [9.17, 15) is 0 Å².